The number of rotatable bonds is 4. The summed E-state index contributed by atoms with van der Waals surface area (Å²) in [5.74, 6) is -0.856. The first-order chi connectivity index (χ1) is 9.49. The molecule has 20 heavy (non-hydrogen) atoms. The second-order valence-corrected chi connectivity index (χ2v) is 4.72. The molecule has 0 aliphatic heterocycles. The van der Waals surface area contributed by atoms with Crippen molar-refractivity contribution in [1.82, 2.24) is 0 Å². The summed E-state index contributed by atoms with van der Waals surface area (Å²) in [4.78, 5) is 9.95. The minimum Gasteiger partial charge on any atom is -0.378 e. The summed E-state index contributed by atoms with van der Waals surface area (Å²) in [6.07, 6.45) is 0. The molecule has 4 nitrogen and oxygen atoms in total. The second kappa shape index (κ2) is 5.88. The van der Waals surface area contributed by atoms with Crippen molar-refractivity contribution in [2.45, 2.75) is 13.0 Å². The third kappa shape index (κ3) is 3.05. The molecule has 0 saturated carbocycles. The summed E-state index contributed by atoms with van der Waals surface area (Å²) < 4.78 is 13.3. The molecule has 1 unspecified atom stereocenters. The first kappa shape index (κ1) is 14.3. The minimum absolute atomic E-state index is 0.159. The lowest BCUT2D eigenvalue weighted by Crippen LogP contribution is -2.07. The van der Waals surface area contributed by atoms with Gasteiger partial charge in [0.2, 0.25) is 5.82 Å². The van der Waals surface area contributed by atoms with E-state index in [-0.39, 0.29) is 6.04 Å². The van der Waals surface area contributed by atoms with Crippen LogP contribution in [0.3, 0.4) is 0 Å². The van der Waals surface area contributed by atoms with Crippen LogP contribution in [0.25, 0.3) is 0 Å². The highest BCUT2D eigenvalue weighted by atomic mass is 35.5. The predicted octanol–water partition coefficient (Wildman–Crippen LogP) is 4.56. The SMILES string of the molecule is CC(Nc1ccc(F)c([N+](=O)[O-])c1)c1ccccc1Cl. The van der Waals surface area contributed by atoms with Crippen molar-refractivity contribution in [3.05, 3.63) is 69.0 Å². The molecule has 0 aliphatic rings. The molecule has 0 heterocycles. The molecule has 6 heteroatoms. The van der Waals surface area contributed by atoms with E-state index in [0.29, 0.717) is 10.7 Å². The molecule has 0 amide bonds. The van der Waals surface area contributed by atoms with Crippen LogP contribution in [0.5, 0.6) is 0 Å². The van der Waals surface area contributed by atoms with Crippen LogP contribution >= 0.6 is 11.6 Å². The maximum atomic E-state index is 13.3. The smallest absolute Gasteiger partial charge is 0.306 e. The van der Waals surface area contributed by atoms with Gasteiger partial charge in [-0.2, -0.15) is 4.39 Å². The quantitative estimate of drug-likeness (QED) is 0.664. The number of nitrogens with one attached hydrogen (secondary N) is 1. The van der Waals surface area contributed by atoms with Gasteiger partial charge in [0.1, 0.15) is 0 Å². The van der Waals surface area contributed by atoms with E-state index >= 15 is 0 Å². The van der Waals surface area contributed by atoms with Crippen molar-refractivity contribution in [1.29, 1.82) is 0 Å². The number of nitrogens with zero attached hydrogens (tertiary/aromatic N) is 1. The zero-order valence-electron chi connectivity index (χ0n) is 10.6. The molecule has 0 fully saturated rings. The maximum absolute atomic E-state index is 13.3. The fourth-order valence-corrected chi connectivity index (χ4v) is 2.20. The van der Waals surface area contributed by atoms with Crippen molar-refractivity contribution in [3.8, 4) is 0 Å². The molecule has 0 radical (unpaired) electrons. The molecule has 0 aliphatic carbocycles. The average Bonchev–Trinajstić information content (AvgIpc) is 2.41. The Bertz CT molecular complexity index is 649. The van der Waals surface area contributed by atoms with Crippen molar-refractivity contribution in [2.75, 3.05) is 5.32 Å². The van der Waals surface area contributed by atoms with Crippen LogP contribution in [0.2, 0.25) is 5.02 Å². The van der Waals surface area contributed by atoms with Gasteiger partial charge in [0, 0.05) is 22.8 Å². The largest absolute Gasteiger partial charge is 0.378 e. The Morgan fingerprint density at radius 2 is 2.00 bits per heavy atom. The minimum atomic E-state index is -0.856. The van der Waals surface area contributed by atoms with Gasteiger partial charge in [-0.1, -0.05) is 29.8 Å². The number of hydrogen-bond donors (Lipinski definition) is 1. The Kier molecular flexibility index (Phi) is 4.20. The van der Waals surface area contributed by atoms with E-state index in [1.165, 1.54) is 12.1 Å². The Morgan fingerprint density at radius 3 is 2.65 bits per heavy atom. The number of nitro groups is 1. The Hall–Kier alpha value is -2.14. The van der Waals surface area contributed by atoms with Crippen molar-refractivity contribution < 1.29 is 9.31 Å². The van der Waals surface area contributed by atoms with Crippen molar-refractivity contribution in [2.24, 2.45) is 0 Å². The lowest BCUT2D eigenvalue weighted by atomic mass is 10.1. The summed E-state index contributed by atoms with van der Waals surface area (Å²) in [5.41, 5.74) is 0.771. The zero-order valence-corrected chi connectivity index (χ0v) is 11.4. The van der Waals surface area contributed by atoms with Gasteiger partial charge in [0.05, 0.1) is 4.92 Å². The number of anilines is 1. The van der Waals surface area contributed by atoms with Gasteiger partial charge in [0.25, 0.3) is 0 Å². The van der Waals surface area contributed by atoms with Gasteiger partial charge in [-0.25, -0.2) is 0 Å². The molecule has 0 bridgehead atoms. The molecular formula is C14H12ClFN2O2. The second-order valence-electron chi connectivity index (χ2n) is 4.31. The number of hydrogen-bond acceptors (Lipinski definition) is 3. The molecule has 0 spiro atoms. The van der Waals surface area contributed by atoms with Crippen LogP contribution < -0.4 is 5.32 Å². The summed E-state index contributed by atoms with van der Waals surface area (Å²) in [7, 11) is 0. The van der Waals surface area contributed by atoms with E-state index in [2.05, 4.69) is 5.32 Å². The van der Waals surface area contributed by atoms with E-state index in [1.807, 2.05) is 25.1 Å². The molecule has 1 N–H and O–H groups in total. The van der Waals surface area contributed by atoms with Gasteiger partial charge in [-0.05, 0) is 30.7 Å². The summed E-state index contributed by atoms with van der Waals surface area (Å²) in [6, 6.07) is 10.8. The number of nitro benzene ring substituents is 1. The number of halogens is 2. The van der Waals surface area contributed by atoms with Gasteiger partial charge >= 0.3 is 5.69 Å². The van der Waals surface area contributed by atoms with Crippen LogP contribution in [-0.2, 0) is 0 Å². The average molecular weight is 295 g/mol. The van der Waals surface area contributed by atoms with E-state index in [1.54, 1.807) is 6.07 Å². The molecule has 2 aromatic rings. The van der Waals surface area contributed by atoms with E-state index in [4.69, 9.17) is 11.6 Å². The molecule has 2 rings (SSSR count). The van der Waals surface area contributed by atoms with Crippen molar-refractivity contribution >= 4 is 23.0 Å². The van der Waals surface area contributed by atoms with Crippen LogP contribution in [0.15, 0.2) is 42.5 Å². The first-order valence-electron chi connectivity index (χ1n) is 5.94. The lowest BCUT2D eigenvalue weighted by molar-refractivity contribution is -0.387. The van der Waals surface area contributed by atoms with Gasteiger partial charge < -0.3 is 5.32 Å². The standard InChI is InChI=1S/C14H12ClFN2O2/c1-9(11-4-2-3-5-12(11)15)17-10-6-7-13(16)14(8-10)18(19)20/h2-9,17H,1H3. The normalized spacial score (nSPS) is 11.9. The molecular weight excluding hydrogens is 283 g/mol. The highest BCUT2D eigenvalue weighted by Gasteiger charge is 2.16. The molecule has 0 aromatic heterocycles. The highest BCUT2D eigenvalue weighted by molar-refractivity contribution is 6.31. The van der Waals surface area contributed by atoms with Crippen molar-refractivity contribution in [3.63, 3.8) is 0 Å². The van der Waals surface area contributed by atoms with E-state index < -0.39 is 16.4 Å². The summed E-state index contributed by atoms with van der Waals surface area (Å²) in [5, 5.41) is 14.4. The third-order valence-electron chi connectivity index (χ3n) is 2.90. The predicted molar refractivity (Wildman–Crippen MR) is 76.5 cm³/mol. The summed E-state index contributed by atoms with van der Waals surface area (Å²) in [6.45, 7) is 1.87. The van der Waals surface area contributed by atoms with Gasteiger partial charge in [0.15, 0.2) is 0 Å². The highest BCUT2D eigenvalue weighted by Crippen LogP contribution is 2.28. The van der Waals surface area contributed by atoms with Crippen LogP contribution in [-0.4, -0.2) is 4.92 Å². The van der Waals surface area contributed by atoms with Crippen LogP contribution in [0.4, 0.5) is 15.8 Å². The first-order valence-corrected chi connectivity index (χ1v) is 6.31. The zero-order chi connectivity index (χ0) is 14.7. The fraction of sp³-hybridized carbons (Fsp3) is 0.143. The van der Waals surface area contributed by atoms with Crippen LogP contribution in [0, 0.1) is 15.9 Å². The third-order valence-corrected chi connectivity index (χ3v) is 3.24. The Balaban J connectivity index is 2.24. The maximum Gasteiger partial charge on any atom is 0.306 e. The lowest BCUT2D eigenvalue weighted by Gasteiger charge is -2.16. The monoisotopic (exact) mass is 294 g/mol. The molecule has 2 aromatic carbocycles. The molecule has 104 valence electrons. The Morgan fingerprint density at radius 1 is 1.30 bits per heavy atom. The fourth-order valence-electron chi connectivity index (χ4n) is 1.90. The van der Waals surface area contributed by atoms with E-state index in [0.717, 1.165) is 11.6 Å². The topological polar surface area (TPSA) is 55.2 Å². The summed E-state index contributed by atoms with van der Waals surface area (Å²) >= 11 is 6.08. The Labute approximate surface area is 120 Å². The molecule has 0 saturated heterocycles. The van der Waals surface area contributed by atoms with Crippen LogP contribution in [0.1, 0.15) is 18.5 Å². The number of benzene rings is 2. The van der Waals surface area contributed by atoms with Gasteiger partial charge in [-0.3, -0.25) is 10.1 Å². The van der Waals surface area contributed by atoms with E-state index in [9.17, 15) is 14.5 Å². The van der Waals surface area contributed by atoms with Gasteiger partial charge in [-0.15, -0.1) is 0 Å². The molecule has 1 atom stereocenters.